The van der Waals surface area contributed by atoms with Gasteiger partial charge >= 0.3 is 11.6 Å². The van der Waals surface area contributed by atoms with E-state index in [-0.39, 0.29) is 6.61 Å². The Kier molecular flexibility index (Phi) is 3.90. The first kappa shape index (κ1) is 14.0. The van der Waals surface area contributed by atoms with Crippen LogP contribution < -0.4 is 5.63 Å². The minimum Gasteiger partial charge on any atom is -0.457 e. The lowest BCUT2D eigenvalue weighted by Gasteiger charge is -2.06. The van der Waals surface area contributed by atoms with Crippen molar-refractivity contribution in [1.82, 2.24) is 0 Å². The molecule has 0 saturated carbocycles. The van der Waals surface area contributed by atoms with Crippen molar-refractivity contribution in [3.8, 4) is 0 Å². The van der Waals surface area contributed by atoms with Gasteiger partial charge in [0.15, 0.2) is 0 Å². The van der Waals surface area contributed by atoms with Crippen LogP contribution in [0, 0.1) is 0 Å². The van der Waals surface area contributed by atoms with E-state index in [1.807, 2.05) is 12.1 Å². The summed E-state index contributed by atoms with van der Waals surface area (Å²) in [5.74, 6) is -0.408. The van der Waals surface area contributed by atoms with Crippen LogP contribution in [0.1, 0.15) is 15.9 Å². The number of esters is 1. The van der Waals surface area contributed by atoms with Gasteiger partial charge in [0.25, 0.3) is 0 Å². The summed E-state index contributed by atoms with van der Waals surface area (Å²) < 4.78 is 11.2. The van der Waals surface area contributed by atoms with Gasteiger partial charge < -0.3 is 9.15 Å². The molecule has 3 aromatic rings. The molecular formula is C15H9BrO4S. The summed E-state index contributed by atoms with van der Waals surface area (Å²) in [7, 11) is 0. The third-order valence-corrected chi connectivity index (χ3v) is 4.08. The van der Waals surface area contributed by atoms with Gasteiger partial charge in [-0.25, -0.2) is 9.59 Å². The van der Waals surface area contributed by atoms with Gasteiger partial charge in [-0.1, -0.05) is 15.9 Å². The third kappa shape index (κ3) is 3.06. The maximum absolute atomic E-state index is 11.8. The number of carbonyl (C=O) groups excluding carboxylic acids is 1. The quantitative estimate of drug-likeness (QED) is 0.521. The Hall–Kier alpha value is -1.92. The molecule has 0 aliphatic carbocycles. The zero-order valence-electron chi connectivity index (χ0n) is 10.7. The van der Waals surface area contributed by atoms with Crippen molar-refractivity contribution in [2.45, 2.75) is 6.61 Å². The number of rotatable bonds is 3. The van der Waals surface area contributed by atoms with Gasteiger partial charge in [0.05, 0.1) is 5.56 Å². The Morgan fingerprint density at radius 3 is 2.90 bits per heavy atom. The van der Waals surface area contributed by atoms with Gasteiger partial charge in [0.1, 0.15) is 12.2 Å². The average molecular weight is 365 g/mol. The third-order valence-electron chi connectivity index (χ3n) is 2.91. The minimum atomic E-state index is -0.470. The molecule has 4 nitrogen and oxygen atoms in total. The molecular weight excluding hydrogens is 356 g/mol. The van der Waals surface area contributed by atoms with Crippen molar-refractivity contribution in [3.63, 3.8) is 0 Å². The highest BCUT2D eigenvalue weighted by atomic mass is 79.9. The normalized spacial score (nSPS) is 10.7. The van der Waals surface area contributed by atoms with E-state index in [9.17, 15) is 9.59 Å². The average Bonchev–Trinajstić information content (AvgIpc) is 2.97. The SMILES string of the molecule is O=C(OCc1cc(=O)oc2cc(Br)ccc12)c1ccsc1. The van der Waals surface area contributed by atoms with E-state index in [1.54, 1.807) is 22.9 Å². The molecule has 0 atom stereocenters. The van der Waals surface area contributed by atoms with Crippen LogP contribution in [0.25, 0.3) is 11.0 Å². The van der Waals surface area contributed by atoms with E-state index in [1.165, 1.54) is 17.4 Å². The van der Waals surface area contributed by atoms with Crippen LogP contribution in [0.5, 0.6) is 0 Å². The van der Waals surface area contributed by atoms with Crippen LogP contribution >= 0.6 is 27.3 Å². The number of benzene rings is 1. The first-order valence-electron chi connectivity index (χ1n) is 6.05. The number of hydrogen-bond donors (Lipinski definition) is 0. The lowest BCUT2D eigenvalue weighted by Crippen LogP contribution is -2.07. The van der Waals surface area contributed by atoms with Gasteiger partial charge in [-0.15, -0.1) is 0 Å². The molecule has 0 spiro atoms. The first-order chi connectivity index (χ1) is 10.1. The number of carbonyl (C=O) groups is 1. The van der Waals surface area contributed by atoms with Crippen LogP contribution in [0.4, 0.5) is 0 Å². The molecule has 2 aromatic heterocycles. The van der Waals surface area contributed by atoms with Gasteiger partial charge in [0, 0.05) is 26.9 Å². The van der Waals surface area contributed by atoms with Crippen LogP contribution in [-0.4, -0.2) is 5.97 Å². The molecule has 0 unspecified atom stereocenters. The fourth-order valence-corrected chi connectivity index (χ4v) is 2.90. The molecule has 0 amide bonds. The topological polar surface area (TPSA) is 56.5 Å². The molecule has 1 aromatic carbocycles. The number of ether oxygens (including phenoxy) is 1. The zero-order valence-corrected chi connectivity index (χ0v) is 13.1. The number of halogens is 1. The molecule has 3 rings (SSSR count). The molecule has 0 bridgehead atoms. The maximum Gasteiger partial charge on any atom is 0.339 e. The van der Waals surface area contributed by atoms with Crippen LogP contribution in [-0.2, 0) is 11.3 Å². The summed E-state index contributed by atoms with van der Waals surface area (Å²) in [6, 6.07) is 8.41. The monoisotopic (exact) mass is 364 g/mol. The van der Waals surface area contributed by atoms with E-state index >= 15 is 0 Å². The van der Waals surface area contributed by atoms with Crippen molar-refractivity contribution in [2.75, 3.05) is 0 Å². The second kappa shape index (κ2) is 5.83. The molecule has 21 heavy (non-hydrogen) atoms. The number of thiophene rings is 1. The lowest BCUT2D eigenvalue weighted by molar-refractivity contribution is 0.0474. The Balaban J connectivity index is 1.90. The van der Waals surface area contributed by atoms with Crippen LogP contribution in [0.3, 0.4) is 0 Å². The fourth-order valence-electron chi connectivity index (χ4n) is 1.93. The van der Waals surface area contributed by atoms with Crippen molar-refractivity contribution < 1.29 is 13.9 Å². The summed E-state index contributed by atoms with van der Waals surface area (Å²) in [6.07, 6.45) is 0. The summed E-state index contributed by atoms with van der Waals surface area (Å²) >= 11 is 4.75. The predicted octanol–water partition coefficient (Wildman–Crippen LogP) is 3.97. The van der Waals surface area contributed by atoms with Gasteiger partial charge in [-0.2, -0.15) is 11.3 Å². The fraction of sp³-hybridized carbons (Fsp3) is 0.0667. The van der Waals surface area contributed by atoms with E-state index in [2.05, 4.69) is 15.9 Å². The lowest BCUT2D eigenvalue weighted by atomic mass is 10.1. The Morgan fingerprint density at radius 1 is 1.29 bits per heavy atom. The maximum atomic E-state index is 11.8. The molecule has 6 heteroatoms. The van der Waals surface area contributed by atoms with E-state index < -0.39 is 11.6 Å². The van der Waals surface area contributed by atoms with Crippen molar-refractivity contribution in [2.24, 2.45) is 0 Å². The smallest absolute Gasteiger partial charge is 0.339 e. The Bertz CT molecular complexity index is 852. The van der Waals surface area contributed by atoms with E-state index in [0.717, 1.165) is 9.86 Å². The van der Waals surface area contributed by atoms with E-state index in [4.69, 9.17) is 9.15 Å². The standard InChI is InChI=1S/C15H9BrO4S/c16-11-1-2-12-10(5-14(17)20-13(12)6-11)7-19-15(18)9-3-4-21-8-9/h1-6,8H,7H2. The largest absolute Gasteiger partial charge is 0.457 e. The Labute approximate surface area is 132 Å². The number of fused-ring (bicyclic) bond motifs is 1. The second-order valence-corrected chi connectivity index (χ2v) is 6.02. The van der Waals surface area contributed by atoms with Crippen LogP contribution in [0.15, 0.2) is 54.8 Å². The summed E-state index contributed by atoms with van der Waals surface area (Å²) in [4.78, 5) is 23.4. The highest BCUT2D eigenvalue weighted by molar-refractivity contribution is 9.10. The molecule has 0 fully saturated rings. The second-order valence-electron chi connectivity index (χ2n) is 4.32. The Morgan fingerprint density at radius 2 is 2.14 bits per heavy atom. The van der Waals surface area contributed by atoms with Gasteiger partial charge in [-0.3, -0.25) is 0 Å². The van der Waals surface area contributed by atoms with Crippen molar-refractivity contribution in [3.05, 3.63) is 67.1 Å². The molecule has 0 aliphatic heterocycles. The molecule has 106 valence electrons. The molecule has 0 N–H and O–H groups in total. The predicted molar refractivity (Wildman–Crippen MR) is 83.6 cm³/mol. The molecule has 0 saturated heterocycles. The first-order valence-corrected chi connectivity index (χ1v) is 7.79. The minimum absolute atomic E-state index is 0.0262. The highest BCUT2D eigenvalue weighted by Crippen LogP contribution is 2.22. The highest BCUT2D eigenvalue weighted by Gasteiger charge is 2.11. The van der Waals surface area contributed by atoms with Crippen LogP contribution in [0.2, 0.25) is 0 Å². The van der Waals surface area contributed by atoms with Crippen molar-refractivity contribution in [1.29, 1.82) is 0 Å². The summed E-state index contributed by atoms with van der Waals surface area (Å²) in [5, 5.41) is 4.27. The number of hydrogen-bond acceptors (Lipinski definition) is 5. The molecule has 2 heterocycles. The summed E-state index contributed by atoms with van der Waals surface area (Å²) in [6.45, 7) is 0.0262. The summed E-state index contributed by atoms with van der Waals surface area (Å²) in [5.41, 5.74) is 1.12. The zero-order chi connectivity index (χ0) is 14.8. The van der Waals surface area contributed by atoms with Crippen molar-refractivity contribution >= 4 is 44.2 Å². The molecule has 0 radical (unpaired) electrons. The van der Waals surface area contributed by atoms with E-state index in [0.29, 0.717) is 16.7 Å². The van der Waals surface area contributed by atoms with Gasteiger partial charge in [-0.05, 0) is 29.6 Å². The molecule has 0 aliphatic rings. The van der Waals surface area contributed by atoms with Gasteiger partial charge in [0.2, 0.25) is 0 Å².